The van der Waals surface area contributed by atoms with Gasteiger partial charge in [-0.1, -0.05) is 49.1 Å². The number of hydrogen-bond acceptors (Lipinski definition) is 3. The molecule has 2 amide bonds. The van der Waals surface area contributed by atoms with Crippen LogP contribution in [0.25, 0.3) is 0 Å². The van der Waals surface area contributed by atoms with Crippen molar-refractivity contribution < 1.29 is 14.4 Å². The van der Waals surface area contributed by atoms with Crippen molar-refractivity contribution in [2.24, 2.45) is 0 Å². The first-order chi connectivity index (χ1) is 14.6. The predicted octanol–water partition coefficient (Wildman–Crippen LogP) is 3.59. The molecule has 0 saturated heterocycles. The average Bonchev–Trinajstić information content (AvgIpc) is 2.75. The molecule has 0 unspecified atom stereocenters. The molecule has 1 heterocycles. The highest BCUT2D eigenvalue weighted by Crippen LogP contribution is 2.25. The maximum atomic E-state index is 13.0. The fraction of sp³-hybridized carbons (Fsp3) is 0.320. The van der Waals surface area contributed by atoms with Gasteiger partial charge in [0.15, 0.2) is 0 Å². The molecule has 0 atom stereocenters. The third kappa shape index (κ3) is 5.57. The molecule has 0 fully saturated rings. The van der Waals surface area contributed by atoms with Crippen molar-refractivity contribution in [1.82, 2.24) is 5.32 Å². The van der Waals surface area contributed by atoms with Crippen molar-refractivity contribution in [1.29, 1.82) is 0 Å². The Labute approximate surface area is 177 Å². The number of carbonyl (C=O) groups excluding carboxylic acids is 3. The number of fused-ring (bicyclic) bond motifs is 2. The number of para-hydroxylation sites is 1. The second kappa shape index (κ2) is 10.4. The van der Waals surface area contributed by atoms with Gasteiger partial charge in [-0.3, -0.25) is 14.4 Å². The van der Waals surface area contributed by atoms with Crippen LogP contribution < -0.4 is 10.2 Å². The number of benzene rings is 2. The molecule has 3 rings (SSSR count). The summed E-state index contributed by atoms with van der Waals surface area (Å²) in [7, 11) is 0. The van der Waals surface area contributed by atoms with E-state index in [2.05, 4.69) is 17.2 Å². The quantitative estimate of drug-likeness (QED) is 0.686. The molecule has 1 aliphatic heterocycles. The van der Waals surface area contributed by atoms with Crippen LogP contribution in [0, 0.1) is 11.8 Å². The third-order valence-corrected chi connectivity index (χ3v) is 5.09. The summed E-state index contributed by atoms with van der Waals surface area (Å²) >= 11 is 0. The van der Waals surface area contributed by atoms with Crippen LogP contribution in [0.2, 0.25) is 0 Å². The number of ketones is 1. The topological polar surface area (TPSA) is 66.5 Å². The Kier molecular flexibility index (Phi) is 7.40. The van der Waals surface area contributed by atoms with E-state index in [0.29, 0.717) is 32.2 Å². The lowest BCUT2D eigenvalue weighted by molar-refractivity contribution is -0.121. The fourth-order valence-corrected chi connectivity index (χ4v) is 3.36. The van der Waals surface area contributed by atoms with Crippen LogP contribution in [0.15, 0.2) is 48.5 Å². The number of Topliss-reactive ketones (excluding diaryl/α,β-unsaturated/α-hetero) is 1. The SMILES string of the molecule is CCC(=O)CCCC(=O)NCCC(=O)N1Cc2ccccc2C#Cc2ccccc21. The fourth-order valence-electron chi connectivity index (χ4n) is 3.36. The van der Waals surface area contributed by atoms with Crippen molar-refractivity contribution in [3.8, 4) is 11.8 Å². The highest BCUT2D eigenvalue weighted by Gasteiger charge is 2.21. The van der Waals surface area contributed by atoms with E-state index < -0.39 is 0 Å². The summed E-state index contributed by atoms with van der Waals surface area (Å²) in [6.45, 7) is 2.53. The maximum Gasteiger partial charge on any atom is 0.229 e. The van der Waals surface area contributed by atoms with Crippen LogP contribution in [0.5, 0.6) is 0 Å². The Morgan fingerprint density at radius 2 is 1.63 bits per heavy atom. The first-order valence-electron chi connectivity index (χ1n) is 10.4. The van der Waals surface area contributed by atoms with E-state index in [-0.39, 0.29) is 30.6 Å². The largest absolute Gasteiger partial charge is 0.356 e. The van der Waals surface area contributed by atoms with E-state index in [4.69, 9.17) is 0 Å². The van der Waals surface area contributed by atoms with Crippen molar-refractivity contribution in [2.45, 2.75) is 45.6 Å². The Morgan fingerprint density at radius 1 is 0.933 bits per heavy atom. The molecule has 2 aromatic carbocycles. The van der Waals surface area contributed by atoms with E-state index in [1.807, 2.05) is 55.5 Å². The molecule has 5 nitrogen and oxygen atoms in total. The minimum Gasteiger partial charge on any atom is -0.356 e. The molecule has 1 aliphatic rings. The molecule has 0 aromatic heterocycles. The van der Waals surface area contributed by atoms with Gasteiger partial charge in [0.2, 0.25) is 11.8 Å². The Hall–Kier alpha value is -3.39. The van der Waals surface area contributed by atoms with Gasteiger partial charge in [0, 0.05) is 43.4 Å². The maximum absolute atomic E-state index is 13.0. The van der Waals surface area contributed by atoms with E-state index in [1.165, 1.54) is 0 Å². The molecular weight excluding hydrogens is 376 g/mol. The molecule has 0 bridgehead atoms. The summed E-state index contributed by atoms with van der Waals surface area (Å²) in [5, 5.41) is 2.79. The summed E-state index contributed by atoms with van der Waals surface area (Å²) in [6, 6.07) is 15.5. The summed E-state index contributed by atoms with van der Waals surface area (Å²) in [4.78, 5) is 38.1. The molecule has 0 spiro atoms. The standard InChI is InChI=1S/C25H26N2O3/c1-2-22(28)11-7-13-24(29)26-17-16-25(30)27-18-21-10-4-3-8-19(21)14-15-20-9-5-6-12-23(20)27/h3-6,8-10,12H,2,7,11,13,16-18H2,1H3,(H,26,29). The van der Waals surface area contributed by atoms with Crippen LogP contribution in [0.3, 0.4) is 0 Å². The number of amides is 2. The average molecular weight is 402 g/mol. The third-order valence-electron chi connectivity index (χ3n) is 5.09. The Morgan fingerprint density at radius 3 is 2.43 bits per heavy atom. The molecule has 0 aliphatic carbocycles. The molecule has 2 aromatic rings. The van der Waals surface area contributed by atoms with Crippen molar-refractivity contribution in [2.75, 3.05) is 11.4 Å². The lowest BCUT2D eigenvalue weighted by Crippen LogP contribution is -2.35. The highest BCUT2D eigenvalue weighted by atomic mass is 16.2. The summed E-state index contributed by atoms with van der Waals surface area (Å²) in [5.74, 6) is 6.35. The van der Waals surface area contributed by atoms with E-state index in [9.17, 15) is 14.4 Å². The summed E-state index contributed by atoms with van der Waals surface area (Å²) in [6.07, 6.45) is 1.97. The van der Waals surface area contributed by atoms with Crippen LogP contribution >= 0.6 is 0 Å². The first-order valence-corrected chi connectivity index (χ1v) is 10.4. The number of anilines is 1. The molecule has 5 heteroatoms. The zero-order valence-corrected chi connectivity index (χ0v) is 17.2. The summed E-state index contributed by atoms with van der Waals surface area (Å²) < 4.78 is 0. The summed E-state index contributed by atoms with van der Waals surface area (Å²) in [5.41, 5.74) is 3.51. The second-order valence-electron chi connectivity index (χ2n) is 7.25. The number of rotatable bonds is 8. The van der Waals surface area contributed by atoms with Gasteiger partial charge in [0.05, 0.1) is 12.2 Å². The van der Waals surface area contributed by atoms with Crippen molar-refractivity contribution in [3.05, 3.63) is 65.2 Å². The monoisotopic (exact) mass is 402 g/mol. The molecular formula is C25H26N2O3. The smallest absolute Gasteiger partial charge is 0.229 e. The molecule has 0 saturated carbocycles. The van der Waals surface area contributed by atoms with Crippen LogP contribution in [0.4, 0.5) is 5.69 Å². The van der Waals surface area contributed by atoms with Crippen LogP contribution in [-0.2, 0) is 20.9 Å². The van der Waals surface area contributed by atoms with Gasteiger partial charge in [-0.2, -0.15) is 0 Å². The normalized spacial score (nSPS) is 11.8. The molecule has 1 N–H and O–H groups in total. The van der Waals surface area contributed by atoms with E-state index in [0.717, 1.165) is 22.4 Å². The van der Waals surface area contributed by atoms with Crippen molar-refractivity contribution >= 4 is 23.3 Å². The lowest BCUT2D eigenvalue weighted by Gasteiger charge is -2.26. The van der Waals surface area contributed by atoms with Gasteiger partial charge in [-0.25, -0.2) is 0 Å². The number of hydrogen-bond donors (Lipinski definition) is 1. The zero-order valence-electron chi connectivity index (χ0n) is 17.2. The minimum atomic E-state index is -0.129. The van der Waals surface area contributed by atoms with Crippen LogP contribution in [0.1, 0.15) is 55.7 Å². The Balaban J connectivity index is 1.63. The van der Waals surface area contributed by atoms with E-state index in [1.54, 1.807) is 4.90 Å². The number of nitrogens with one attached hydrogen (secondary N) is 1. The zero-order chi connectivity index (χ0) is 21.3. The Bertz CT molecular complexity index is 1000. The lowest BCUT2D eigenvalue weighted by atomic mass is 10.0. The van der Waals surface area contributed by atoms with E-state index >= 15 is 0 Å². The molecule has 0 radical (unpaired) electrons. The van der Waals surface area contributed by atoms with Gasteiger partial charge in [-0.15, -0.1) is 0 Å². The minimum absolute atomic E-state index is 0.0672. The molecule has 30 heavy (non-hydrogen) atoms. The highest BCUT2D eigenvalue weighted by molar-refractivity contribution is 5.95. The van der Waals surface area contributed by atoms with Gasteiger partial charge in [-0.05, 0) is 30.2 Å². The molecule has 154 valence electrons. The predicted molar refractivity (Wildman–Crippen MR) is 117 cm³/mol. The first kappa shape index (κ1) is 21.3. The second-order valence-corrected chi connectivity index (χ2v) is 7.25. The number of carbonyl (C=O) groups is 3. The van der Waals surface area contributed by atoms with Gasteiger partial charge < -0.3 is 10.2 Å². The number of nitrogens with zero attached hydrogens (tertiary/aromatic N) is 1. The van der Waals surface area contributed by atoms with Gasteiger partial charge >= 0.3 is 0 Å². The van der Waals surface area contributed by atoms with Crippen LogP contribution in [-0.4, -0.2) is 24.1 Å². The van der Waals surface area contributed by atoms with Crippen molar-refractivity contribution in [3.63, 3.8) is 0 Å². The van der Waals surface area contributed by atoms with Gasteiger partial charge in [0.1, 0.15) is 5.78 Å². The van der Waals surface area contributed by atoms with Gasteiger partial charge in [0.25, 0.3) is 0 Å².